The molecule has 6 nitrogen and oxygen atoms in total. The summed E-state index contributed by atoms with van der Waals surface area (Å²) in [5.74, 6) is -0.934. The van der Waals surface area contributed by atoms with Crippen molar-refractivity contribution in [3.05, 3.63) is 78.1 Å². The van der Waals surface area contributed by atoms with Crippen molar-refractivity contribution in [1.82, 2.24) is 9.78 Å². The van der Waals surface area contributed by atoms with Gasteiger partial charge in [-0.05, 0) is 49.4 Å². The van der Waals surface area contributed by atoms with E-state index in [1.165, 1.54) is 0 Å². The summed E-state index contributed by atoms with van der Waals surface area (Å²) in [5.41, 5.74) is 2.97. The first kappa shape index (κ1) is 16.4. The van der Waals surface area contributed by atoms with E-state index >= 15 is 0 Å². The van der Waals surface area contributed by atoms with Crippen LogP contribution in [0.4, 0.5) is 5.69 Å². The average Bonchev–Trinajstić information content (AvgIpc) is 3.16. The van der Waals surface area contributed by atoms with Gasteiger partial charge in [-0.3, -0.25) is 4.79 Å². The monoisotopic (exact) mass is 335 g/mol. The van der Waals surface area contributed by atoms with Crippen LogP contribution < -0.4 is 5.32 Å². The summed E-state index contributed by atoms with van der Waals surface area (Å²) in [4.78, 5) is 23.9. The number of ether oxygens (including phenoxy) is 1. The van der Waals surface area contributed by atoms with Gasteiger partial charge < -0.3 is 10.1 Å². The lowest BCUT2D eigenvalue weighted by molar-refractivity contribution is -0.119. The van der Waals surface area contributed by atoms with E-state index in [9.17, 15) is 9.59 Å². The van der Waals surface area contributed by atoms with Gasteiger partial charge in [0.25, 0.3) is 5.91 Å². The maximum atomic E-state index is 12.0. The van der Waals surface area contributed by atoms with Crippen LogP contribution in [0.5, 0.6) is 0 Å². The number of rotatable bonds is 5. The Hall–Kier alpha value is -3.41. The third kappa shape index (κ3) is 4.32. The summed E-state index contributed by atoms with van der Waals surface area (Å²) in [5, 5.41) is 6.79. The number of esters is 1. The molecule has 0 spiro atoms. The van der Waals surface area contributed by atoms with E-state index in [0.717, 1.165) is 11.3 Å². The quantitative estimate of drug-likeness (QED) is 0.728. The van der Waals surface area contributed by atoms with Gasteiger partial charge in [0.2, 0.25) is 0 Å². The smallest absolute Gasteiger partial charge is 0.338 e. The average molecular weight is 335 g/mol. The molecule has 1 aromatic heterocycles. The van der Waals surface area contributed by atoms with Crippen LogP contribution >= 0.6 is 0 Å². The van der Waals surface area contributed by atoms with Crippen molar-refractivity contribution < 1.29 is 14.3 Å². The maximum Gasteiger partial charge on any atom is 0.338 e. The fourth-order valence-electron chi connectivity index (χ4n) is 2.22. The number of carbonyl (C=O) groups excluding carboxylic acids is 2. The molecule has 0 aliphatic rings. The highest BCUT2D eigenvalue weighted by atomic mass is 16.5. The van der Waals surface area contributed by atoms with Gasteiger partial charge in [-0.25, -0.2) is 9.48 Å². The Balaban J connectivity index is 1.53. The number of carbonyl (C=O) groups is 2. The highest BCUT2D eigenvalue weighted by Crippen LogP contribution is 2.11. The molecule has 0 aliphatic heterocycles. The molecule has 0 fully saturated rings. The van der Waals surface area contributed by atoms with Crippen molar-refractivity contribution in [3.63, 3.8) is 0 Å². The highest BCUT2D eigenvalue weighted by molar-refractivity contribution is 5.95. The molecule has 1 amide bonds. The summed E-state index contributed by atoms with van der Waals surface area (Å²) in [6, 6.07) is 16.0. The normalized spacial score (nSPS) is 10.3. The molecule has 0 atom stereocenters. The molecule has 0 saturated carbocycles. The molecule has 0 radical (unpaired) electrons. The summed E-state index contributed by atoms with van der Waals surface area (Å²) >= 11 is 0. The number of anilines is 1. The zero-order valence-corrected chi connectivity index (χ0v) is 13.7. The van der Waals surface area contributed by atoms with Gasteiger partial charge in [-0.1, -0.05) is 17.7 Å². The number of aromatic nitrogens is 2. The first-order chi connectivity index (χ1) is 12.1. The van der Waals surface area contributed by atoms with Crippen LogP contribution in [0, 0.1) is 6.92 Å². The van der Waals surface area contributed by atoms with Gasteiger partial charge in [-0.15, -0.1) is 0 Å². The van der Waals surface area contributed by atoms with Crippen molar-refractivity contribution in [2.75, 3.05) is 11.9 Å². The van der Waals surface area contributed by atoms with Gasteiger partial charge in [-0.2, -0.15) is 5.10 Å². The standard InChI is InChI=1S/C19H17N3O3/c1-14-3-7-16(8-4-14)21-18(23)13-25-19(24)15-5-9-17(10-6-15)22-12-2-11-20-22/h2-12H,13H2,1H3,(H,21,23). The molecular weight excluding hydrogens is 318 g/mol. The minimum atomic E-state index is -0.550. The maximum absolute atomic E-state index is 12.0. The molecule has 25 heavy (non-hydrogen) atoms. The largest absolute Gasteiger partial charge is 0.452 e. The van der Waals surface area contributed by atoms with E-state index in [0.29, 0.717) is 11.3 Å². The Kier molecular flexibility index (Phi) is 4.89. The lowest BCUT2D eigenvalue weighted by Crippen LogP contribution is -2.20. The third-order valence-corrected chi connectivity index (χ3v) is 3.54. The van der Waals surface area contributed by atoms with Crippen molar-refractivity contribution in [2.45, 2.75) is 6.92 Å². The number of nitrogens with one attached hydrogen (secondary N) is 1. The number of nitrogens with zero attached hydrogens (tertiary/aromatic N) is 2. The van der Waals surface area contributed by atoms with Crippen LogP contribution in [0.25, 0.3) is 5.69 Å². The van der Waals surface area contributed by atoms with Crippen molar-refractivity contribution in [1.29, 1.82) is 0 Å². The molecule has 3 rings (SSSR count). The molecule has 0 unspecified atom stereocenters. The van der Waals surface area contributed by atoms with Crippen molar-refractivity contribution >= 4 is 17.6 Å². The molecule has 2 aromatic carbocycles. The minimum Gasteiger partial charge on any atom is -0.452 e. The Morgan fingerprint density at radius 2 is 1.80 bits per heavy atom. The second kappa shape index (κ2) is 7.44. The summed E-state index contributed by atoms with van der Waals surface area (Å²) in [6.45, 7) is 1.62. The summed E-state index contributed by atoms with van der Waals surface area (Å²) in [7, 11) is 0. The zero-order chi connectivity index (χ0) is 17.6. The van der Waals surface area contributed by atoms with E-state index in [4.69, 9.17) is 4.74 Å². The fourth-order valence-corrected chi connectivity index (χ4v) is 2.22. The van der Waals surface area contributed by atoms with Gasteiger partial charge in [0.15, 0.2) is 6.61 Å². The predicted molar refractivity (Wildman–Crippen MR) is 93.7 cm³/mol. The SMILES string of the molecule is Cc1ccc(NC(=O)COC(=O)c2ccc(-n3cccn3)cc2)cc1. The Morgan fingerprint density at radius 1 is 1.08 bits per heavy atom. The van der Waals surface area contributed by atoms with Gasteiger partial charge >= 0.3 is 5.97 Å². The first-order valence-electron chi connectivity index (χ1n) is 7.75. The Labute approximate surface area is 145 Å². The van der Waals surface area contributed by atoms with Crippen LogP contribution in [-0.2, 0) is 9.53 Å². The van der Waals surface area contributed by atoms with Crippen LogP contribution in [-0.4, -0.2) is 28.3 Å². The minimum absolute atomic E-state index is 0.340. The topological polar surface area (TPSA) is 73.2 Å². The van der Waals surface area contributed by atoms with E-state index in [2.05, 4.69) is 10.4 Å². The summed E-state index contributed by atoms with van der Waals surface area (Å²) < 4.78 is 6.73. The van der Waals surface area contributed by atoms with Crippen molar-refractivity contribution in [2.24, 2.45) is 0 Å². The first-order valence-corrected chi connectivity index (χ1v) is 7.75. The van der Waals surface area contributed by atoms with E-state index in [1.54, 1.807) is 47.3 Å². The Bertz CT molecular complexity index is 854. The second-order valence-corrected chi connectivity index (χ2v) is 5.49. The van der Waals surface area contributed by atoms with Crippen LogP contribution in [0.3, 0.4) is 0 Å². The molecule has 0 aliphatic carbocycles. The van der Waals surface area contributed by atoms with Crippen LogP contribution in [0.1, 0.15) is 15.9 Å². The highest BCUT2D eigenvalue weighted by Gasteiger charge is 2.10. The summed E-state index contributed by atoms with van der Waals surface area (Å²) in [6.07, 6.45) is 3.48. The van der Waals surface area contributed by atoms with E-state index < -0.39 is 5.97 Å². The lowest BCUT2D eigenvalue weighted by Gasteiger charge is -2.07. The number of hydrogen-bond donors (Lipinski definition) is 1. The molecule has 1 N–H and O–H groups in total. The number of hydrogen-bond acceptors (Lipinski definition) is 4. The van der Waals surface area contributed by atoms with Gasteiger partial charge in [0.05, 0.1) is 11.3 Å². The molecule has 6 heteroatoms. The van der Waals surface area contributed by atoms with Gasteiger partial charge in [0, 0.05) is 18.1 Å². The molecular formula is C19H17N3O3. The third-order valence-electron chi connectivity index (χ3n) is 3.54. The fraction of sp³-hybridized carbons (Fsp3) is 0.105. The van der Waals surface area contributed by atoms with Crippen LogP contribution in [0.15, 0.2) is 67.0 Å². The number of benzene rings is 2. The van der Waals surface area contributed by atoms with E-state index in [1.807, 2.05) is 31.3 Å². The molecule has 0 saturated heterocycles. The van der Waals surface area contributed by atoms with Crippen molar-refractivity contribution in [3.8, 4) is 5.69 Å². The predicted octanol–water partition coefficient (Wildman–Crippen LogP) is 2.98. The lowest BCUT2D eigenvalue weighted by atomic mass is 10.2. The van der Waals surface area contributed by atoms with Crippen LogP contribution in [0.2, 0.25) is 0 Å². The second-order valence-electron chi connectivity index (χ2n) is 5.49. The van der Waals surface area contributed by atoms with E-state index in [-0.39, 0.29) is 12.5 Å². The number of aryl methyl sites for hydroxylation is 1. The zero-order valence-electron chi connectivity index (χ0n) is 13.7. The number of amides is 1. The Morgan fingerprint density at radius 3 is 2.44 bits per heavy atom. The molecule has 126 valence electrons. The molecule has 0 bridgehead atoms. The van der Waals surface area contributed by atoms with Gasteiger partial charge in [0.1, 0.15) is 0 Å². The molecule has 1 heterocycles. The molecule has 3 aromatic rings.